The zero-order valence-electron chi connectivity index (χ0n) is 23.1. The lowest BCUT2D eigenvalue weighted by Crippen LogP contribution is -2.21. The maximum atomic E-state index is 13.3. The minimum Gasteiger partial charge on any atom is -0.489 e. The summed E-state index contributed by atoms with van der Waals surface area (Å²) in [6.45, 7) is 1.78. The van der Waals surface area contributed by atoms with Gasteiger partial charge in [-0.15, -0.1) is 0 Å². The molecule has 8 nitrogen and oxygen atoms in total. The van der Waals surface area contributed by atoms with Gasteiger partial charge in [0.2, 0.25) is 0 Å². The molecule has 1 N–H and O–H groups in total. The van der Waals surface area contributed by atoms with Gasteiger partial charge in [0.05, 0.1) is 29.4 Å². The molecule has 4 aromatic carbocycles. The number of benzene rings is 4. The Balaban J connectivity index is 1.31. The minimum absolute atomic E-state index is 0.343. The van der Waals surface area contributed by atoms with Gasteiger partial charge in [-0.05, 0) is 72.6 Å². The number of ether oxygens (including phenoxy) is 3. The number of methoxy groups -OCH3 is 1. The molecule has 1 aromatic heterocycles. The summed E-state index contributed by atoms with van der Waals surface area (Å²) < 4.78 is 16.0. The highest BCUT2D eigenvalue weighted by Crippen LogP contribution is 2.31. The van der Waals surface area contributed by atoms with Gasteiger partial charge in [-0.2, -0.15) is 0 Å². The molecule has 210 valence electrons. The lowest BCUT2D eigenvalue weighted by Gasteiger charge is -2.15. The first-order valence-corrected chi connectivity index (χ1v) is 13.2. The number of rotatable bonds is 9. The third-order valence-corrected chi connectivity index (χ3v) is 6.64. The molecule has 1 heterocycles. The van der Waals surface area contributed by atoms with E-state index in [-0.39, 0.29) is 0 Å². The van der Waals surface area contributed by atoms with E-state index in [2.05, 4.69) is 10.1 Å². The Morgan fingerprint density at radius 3 is 2.19 bits per heavy atom. The van der Waals surface area contributed by atoms with Gasteiger partial charge in [0.25, 0.3) is 5.91 Å². The van der Waals surface area contributed by atoms with Gasteiger partial charge in [-0.1, -0.05) is 48.5 Å². The van der Waals surface area contributed by atoms with Crippen molar-refractivity contribution in [3.63, 3.8) is 0 Å². The van der Waals surface area contributed by atoms with E-state index in [9.17, 15) is 14.4 Å². The Bertz CT molecular complexity index is 1730. The van der Waals surface area contributed by atoms with Crippen LogP contribution in [0, 0.1) is 6.92 Å². The number of nitrogens with one attached hydrogen (secondary N) is 1. The van der Waals surface area contributed by atoms with Crippen LogP contribution in [-0.2, 0) is 20.9 Å². The lowest BCUT2D eigenvalue weighted by molar-refractivity contribution is -0.119. The third-order valence-electron chi connectivity index (χ3n) is 6.64. The van der Waals surface area contributed by atoms with Gasteiger partial charge < -0.3 is 19.5 Å². The molecule has 0 atom stereocenters. The standard InChI is InChI=1S/C34H28N2O6/c1-22-31(34(39)42-21-30(37)35-26-16-12-25(13-17-26)33(38)40-2)28-10-6-7-11-29(28)36-32(22)24-14-18-27(19-15-24)41-20-23-8-4-3-5-9-23/h3-19H,20-21H2,1-2H3,(H,35,37). The molecule has 8 heteroatoms. The van der Waals surface area contributed by atoms with E-state index in [1.54, 1.807) is 18.2 Å². The molecule has 5 aromatic rings. The van der Waals surface area contributed by atoms with Crippen LogP contribution >= 0.6 is 0 Å². The number of nitrogens with zero attached hydrogens (tertiary/aromatic N) is 1. The first kappa shape index (κ1) is 28.0. The Hall–Kier alpha value is -5.50. The fourth-order valence-electron chi connectivity index (χ4n) is 4.51. The second-order valence-electron chi connectivity index (χ2n) is 9.47. The average molecular weight is 561 g/mol. The van der Waals surface area contributed by atoms with Crippen LogP contribution in [0.2, 0.25) is 0 Å². The Labute approximate surface area is 242 Å². The summed E-state index contributed by atoms with van der Waals surface area (Å²) in [5.74, 6) is -0.914. The van der Waals surface area contributed by atoms with E-state index in [0.717, 1.165) is 11.1 Å². The van der Waals surface area contributed by atoms with E-state index >= 15 is 0 Å². The van der Waals surface area contributed by atoms with Gasteiger partial charge >= 0.3 is 11.9 Å². The van der Waals surface area contributed by atoms with E-state index in [1.165, 1.54) is 19.2 Å². The van der Waals surface area contributed by atoms with Crippen molar-refractivity contribution < 1.29 is 28.6 Å². The van der Waals surface area contributed by atoms with Crippen LogP contribution in [0.1, 0.15) is 31.8 Å². The zero-order valence-corrected chi connectivity index (χ0v) is 23.1. The monoisotopic (exact) mass is 560 g/mol. The maximum Gasteiger partial charge on any atom is 0.339 e. The molecule has 0 spiro atoms. The van der Waals surface area contributed by atoms with E-state index in [0.29, 0.717) is 51.3 Å². The zero-order chi connectivity index (χ0) is 29.5. The molecule has 5 rings (SSSR count). The first-order chi connectivity index (χ1) is 20.4. The Morgan fingerprint density at radius 2 is 1.48 bits per heavy atom. The third kappa shape index (κ3) is 6.45. The molecule has 0 bridgehead atoms. The number of aromatic nitrogens is 1. The van der Waals surface area contributed by atoms with E-state index < -0.39 is 24.5 Å². The van der Waals surface area contributed by atoms with Gasteiger partial charge in [0.1, 0.15) is 12.4 Å². The van der Waals surface area contributed by atoms with Crippen LogP contribution in [0.15, 0.2) is 103 Å². The van der Waals surface area contributed by atoms with Crippen molar-refractivity contribution in [2.75, 3.05) is 19.0 Å². The van der Waals surface area contributed by atoms with Gasteiger partial charge in [-0.3, -0.25) is 4.79 Å². The Kier molecular flexibility index (Phi) is 8.53. The summed E-state index contributed by atoms with van der Waals surface area (Å²) in [5.41, 5.74) is 4.93. The van der Waals surface area contributed by atoms with Crippen LogP contribution in [0.5, 0.6) is 5.75 Å². The second kappa shape index (κ2) is 12.8. The fourth-order valence-corrected chi connectivity index (χ4v) is 4.51. The molecule has 0 aliphatic heterocycles. The summed E-state index contributed by atoms with van der Waals surface area (Å²) in [6.07, 6.45) is 0. The molecule has 0 aliphatic carbocycles. The number of carbonyl (C=O) groups is 3. The topological polar surface area (TPSA) is 104 Å². The molecule has 0 saturated heterocycles. The molecule has 0 unspecified atom stereocenters. The van der Waals surface area contributed by atoms with Crippen molar-refractivity contribution in [3.05, 3.63) is 125 Å². The van der Waals surface area contributed by atoms with Crippen molar-refractivity contribution in [3.8, 4) is 17.0 Å². The predicted octanol–water partition coefficient (Wildman–Crippen LogP) is 6.37. The highest BCUT2D eigenvalue weighted by molar-refractivity contribution is 6.07. The van der Waals surface area contributed by atoms with Crippen molar-refractivity contribution >= 4 is 34.4 Å². The Morgan fingerprint density at radius 1 is 0.786 bits per heavy atom. The number of carbonyl (C=O) groups excluding carboxylic acids is 3. The summed E-state index contributed by atoms with van der Waals surface area (Å²) in [6, 6.07) is 31.0. The molecular weight excluding hydrogens is 532 g/mol. The van der Waals surface area contributed by atoms with Crippen molar-refractivity contribution in [2.24, 2.45) is 0 Å². The smallest absolute Gasteiger partial charge is 0.339 e. The number of fused-ring (bicyclic) bond motifs is 1. The van der Waals surface area contributed by atoms with Crippen LogP contribution in [0.4, 0.5) is 5.69 Å². The highest BCUT2D eigenvalue weighted by atomic mass is 16.5. The quantitative estimate of drug-likeness (QED) is 0.209. The average Bonchev–Trinajstić information content (AvgIpc) is 3.03. The summed E-state index contributed by atoms with van der Waals surface area (Å²) in [5, 5.41) is 3.29. The van der Waals surface area contributed by atoms with Gasteiger partial charge in [-0.25, -0.2) is 14.6 Å². The normalized spacial score (nSPS) is 10.6. The highest BCUT2D eigenvalue weighted by Gasteiger charge is 2.21. The summed E-state index contributed by atoms with van der Waals surface area (Å²) >= 11 is 0. The van der Waals surface area contributed by atoms with Gasteiger partial charge in [0, 0.05) is 16.6 Å². The number of para-hydroxylation sites is 1. The number of esters is 2. The largest absolute Gasteiger partial charge is 0.489 e. The number of pyridine rings is 1. The number of anilines is 1. The van der Waals surface area contributed by atoms with Crippen LogP contribution in [-0.4, -0.2) is 36.5 Å². The molecule has 0 radical (unpaired) electrons. The van der Waals surface area contributed by atoms with Gasteiger partial charge in [0.15, 0.2) is 6.61 Å². The van der Waals surface area contributed by atoms with Crippen molar-refractivity contribution in [1.29, 1.82) is 0 Å². The molecule has 0 fully saturated rings. The molecule has 1 amide bonds. The minimum atomic E-state index is -0.633. The molecular formula is C34H28N2O6. The first-order valence-electron chi connectivity index (χ1n) is 13.2. The number of hydrogen-bond donors (Lipinski definition) is 1. The number of hydrogen-bond acceptors (Lipinski definition) is 7. The number of amides is 1. The van der Waals surface area contributed by atoms with E-state index in [1.807, 2.05) is 79.7 Å². The SMILES string of the molecule is COC(=O)c1ccc(NC(=O)COC(=O)c2c(C)c(-c3ccc(OCc4ccccc4)cc3)nc3ccccc23)cc1. The summed E-state index contributed by atoms with van der Waals surface area (Å²) in [7, 11) is 1.29. The van der Waals surface area contributed by atoms with Crippen LogP contribution in [0.25, 0.3) is 22.2 Å². The molecule has 0 saturated carbocycles. The molecule has 0 aliphatic rings. The predicted molar refractivity (Wildman–Crippen MR) is 159 cm³/mol. The van der Waals surface area contributed by atoms with Crippen molar-refractivity contribution in [2.45, 2.75) is 13.5 Å². The molecule has 42 heavy (non-hydrogen) atoms. The second-order valence-corrected chi connectivity index (χ2v) is 9.47. The van der Waals surface area contributed by atoms with Crippen molar-refractivity contribution in [1.82, 2.24) is 4.98 Å². The lowest BCUT2D eigenvalue weighted by atomic mass is 9.97. The van der Waals surface area contributed by atoms with Crippen LogP contribution in [0.3, 0.4) is 0 Å². The fraction of sp³-hybridized carbons (Fsp3) is 0.118. The van der Waals surface area contributed by atoms with Crippen LogP contribution < -0.4 is 10.1 Å². The van der Waals surface area contributed by atoms with E-state index in [4.69, 9.17) is 14.5 Å². The summed E-state index contributed by atoms with van der Waals surface area (Å²) in [4.78, 5) is 42.3. The maximum absolute atomic E-state index is 13.3.